The molecule has 7 heteroatoms. The summed E-state index contributed by atoms with van der Waals surface area (Å²) in [6, 6.07) is 15.4. The van der Waals surface area contributed by atoms with Crippen LogP contribution in [0.5, 0.6) is 5.75 Å². The molecule has 0 atom stereocenters. The minimum absolute atomic E-state index is 0.0387. The lowest BCUT2D eigenvalue weighted by molar-refractivity contribution is -0.130. The highest BCUT2D eigenvalue weighted by molar-refractivity contribution is 6.00. The summed E-state index contributed by atoms with van der Waals surface area (Å²) < 4.78 is 6.86. The van der Waals surface area contributed by atoms with Crippen molar-refractivity contribution in [1.82, 2.24) is 9.47 Å². The van der Waals surface area contributed by atoms with Crippen LogP contribution in [0.25, 0.3) is 10.9 Å². The Bertz CT molecular complexity index is 1080. The Kier molecular flexibility index (Phi) is 5.35. The van der Waals surface area contributed by atoms with E-state index in [4.69, 9.17) is 4.74 Å². The van der Waals surface area contributed by atoms with Crippen LogP contribution in [0, 0.1) is 0 Å². The molecule has 0 aliphatic carbocycles. The maximum Gasteiger partial charge on any atom is 0.352 e. The van der Waals surface area contributed by atoms with Crippen molar-refractivity contribution < 1.29 is 19.4 Å². The first-order valence-electron chi connectivity index (χ1n) is 9.96. The van der Waals surface area contributed by atoms with E-state index in [1.54, 1.807) is 18.7 Å². The van der Waals surface area contributed by atoms with Crippen LogP contribution < -0.4 is 9.64 Å². The lowest BCUT2D eigenvalue weighted by Crippen LogP contribution is -2.49. The van der Waals surface area contributed by atoms with Crippen molar-refractivity contribution in [2.75, 3.05) is 38.2 Å². The van der Waals surface area contributed by atoms with Crippen molar-refractivity contribution in [3.63, 3.8) is 0 Å². The number of carbonyl (C=O) groups is 2. The summed E-state index contributed by atoms with van der Waals surface area (Å²) in [5.41, 5.74) is 2.69. The van der Waals surface area contributed by atoms with E-state index in [-0.39, 0.29) is 18.0 Å². The first-order valence-corrected chi connectivity index (χ1v) is 9.96. The molecule has 1 N–H and O–H groups in total. The number of anilines is 1. The minimum atomic E-state index is -1.01. The Morgan fingerprint density at radius 2 is 1.67 bits per heavy atom. The van der Waals surface area contributed by atoms with Gasteiger partial charge in [-0.05, 0) is 30.3 Å². The minimum Gasteiger partial charge on any atom is -0.497 e. The van der Waals surface area contributed by atoms with Crippen LogP contribution in [-0.4, -0.2) is 59.7 Å². The van der Waals surface area contributed by atoms with Gasteiger partial charge in [-0.1, -0.05) is 18.2 Å². The summed E-state index contributed by atoms with van der Waals surface area (Å²) >= 11 is 0. The zero-order valence-electron chi connectivity index (χ0n) is 17.2. The SMILES string of the molecule is COc1ccc(N2CCN(C(=O)Cc3c(C(=O)O)n(C)c4ccccc34)CC2)cc1. The van der Waals surface area contributed by atoms with Crippen molar-refractivity contribution in [2.45, 2.75) is 6.42 Å². The van der Waals surface area contributed by atoms with Crippen molar-refractivity contribution in [3.8, 4) is 5.75 Å². The highest BCUT2D eigenvalue weighted by atomic mass is 16.5. The average Bonchev–Trinajstić information content (AvgIpc) is 3.06. The predicted octanol–water partition coefficient (Wildman–Crippen LogP) is 2.78. The standard InChI is InChI=1S/C23H25N3O4/c1-24-20-6-4-3-5-18(20)19(22(24)23(28)29)15-21(27)26-13-11-25(12-14-26)16-7-9-17(30-2)10-8-16/h3-10H,11-15H2,1-2H3,(H,28,29). The van der Waals surface area contributed by atoms with Crippen LogP contribution in [0.3, 0.4) is 0 Å². The van der Waals surface area contributed by atoms with Gasteiger partial charge < -0.3 is 24.2 Å². The Morgan fingerprint density at radius 1 is 1.00 bits per heavy atom. The smallest absolute Gasteiger partial charge is 0.352 e. The molecule has 3 aromatic rings. The molecular formula is C23H25N3O4. The number of fused-ring (bicyclic) bond motifs is 1. The third kappa shape index (κ3) is 3.58. The fraction of sp³-hybridized carbons (Fsp3) is 0.304. The zero-order chi connectivity index (χ0) is 21.3. The van der Waals surface area contributed by atoms with E-state index in [2.05, 4.69) is 4.90 Å². The largest absolute Gasteiger partial charge is 0.497 e. The Labute approximate surface area is 175 Å². The van der Waals surface area contributed by atoms with E-state index in [1.807, 2.05) is 53.4 Å². The molecule has 0 spiro atoms. The number of amides is 1. The Hall–Kier alpha value is -3.48. The molecule has 1 aliphatic heterocycles. The number of para-hydroxylation sites is 1. The molecule has 0 unspecified atom stereocenters. The number of benzene rings is 2. The van der Waals surface area contributed by atoms with E-state index < -0.39 is 5.97 Å². The quantitative estimate of drug-likeness (QED) is 0.704. The fourth-order valence-corrected chi connectivity index (χ4v) is 4.19. The molecule has 0 radical (unpaired) electrons. The molecule has 7 nitrogen and oxygen atoms in total. The molecule has 1 aliphatic rings. The summed E-state index contributed by atoms with van der Waals surface area (Å²) in [7, 11) is 3.37. The second-order valence-corrected chi connectivity index (χ2v) is 7.45. The van der Waals surface area contributed by atoms with Gasteiger partial charge in [0.1, 0.15) is 11.4 Å². The number of nitrogens with zero attached hydrogens (tertiary/aromatic N) is 3. The number of hydrogen-bond acceptors (Lipinski definition) is 4. The number of carbonyl (C=O) groups excluding carboxylic acids is 1. The number of piperazine rings is 1. The van der Waals surface area contributed by atoms with E-state index in [0.717, 1.165) is 35.4 Å². The number of aromatic carboxylic acids is 1. The van der Waals surface area contributed by atoms with Crippen LogP contribution in [0.2, 0.25) is 0 Å². The molecule has 1 fully saturated rings. The second kappa shape index (κ2) is 8.10. The molecule has 0 saturated carbocycles. The molecule has 30 heavy (non-hydrogen) atoms. The highest BCUT2D eigenvalue weighted by Gasteiger charge is 2.26. The van der Waals surface area contributed by atoms with Gasteiger partial charge in [-0.15, -0.1) is 0 Å². The van der Waals surface area contributed by atoms with Gasteiger partial charge in [0.15, 0.2) is 0 Å². The number of ether oxygens (including phenoxy) is 1. The van der Waals surface area contributed by atoms with Crippen LogP contribution in [0.1, 0.15) is 16.1 Å². The van der Waals surface area contributed by atoms with E-state index in [0.29, 0.717) is 18.7 Å². The van der Waals surface area contributed by atoms with Gasteiger partial charge >= 0.3 is 5.97 Å². The normalized spacial score (nSPS) is 14.2. The topological polar surface area (TPSA) is 75.0 Å². The second-order valence-electron chi connectivity index (χ2n) is 7.45. The number of aromatic nitrogens is 1. The Morgan fingerprint density at radius 3 is 2.30 bits per heavy atom. The lowest BCUT2D eigenvalue weighted by Gasteiger charge is -2.36. The van der Waals surface area contributed by atoms with Crippen molar-refractivity contribution in [3.05, 3.63) is 59.8 Å². The third-order valence-electron chi connectivity index (χ3n) is 5.81. The lowest BCUT2D eigenvalue weighted by atomic mass is 10.1. The summed E-state index contributed by atoms with van der Waals surface area (Å²) in [6.07, 6.45) is 0.0888. The maximum atomic E-state index is 13.0. The van der Waals surface area contributed by atoms with Gasteiger partial charge in [-0.3, -0.25) is 4.79 Å². The van der Waals surface area contributed by atoms with Gasteiger partial charge in [-0.25, -0.2) is 4.79 Å². The number of hydrogen-bond donors (Lipinski definition) is 1. The van der Waals surface area contributed by atoms with E-state index in [1.165, 1.54) is 0 Å². The van der Waals surface area contributed by atoms with Crippen LogP contribution >= 0.6 is 0 Å². The van der Waals surface area contributed by atoms with Crippen LogP contribution in [-0.2, 0) is 18.3 Å². The number of methoxy groups -OCH3 is 1. The van der Waals surface area contributed by atoms with Crippen molar-refractivity contribution in [2.24, 2.45) is 7.05 Å². The highest BCUT2D eigenvalue weighted by Crippen LogP contribution is 2.27. The number of aryl methyl sites for hydroxylation is 1. The molecule has 1 aromatic heterocycles. The van der Waals surface area contributed by atoms with Crippen LogP contribution in [0.4, 0.5) is 5.69 Å². The van der Waals surface area contributed by atoms with E-state index >= 15 is 0 Å². The van der Waals surface area contributed by atoms with Crippen molar-refractivity contribution in [1.29, 1.82) is 0 Å². The molecule has 2 aromatic carbocycles. The molecule has 2 heterocycles. The molecule has 0 bridgehead atoms. The first-order chi connectivity index (χ1) is 14.5. The summed E-state index contributed by atoms with van der Waals surface area (Å²) in [6.45, 7) is 2.69. The Balaban J connectivity index is 1.48. The maximum absolute atomic E-state index is 13.0. The summed E-state index contributed by atoms with van der Waals surface area (Å²) in [5, 5.41) is 10.5. The van der Waals surface area contributed by atoms with Gasteiger partial charge in [0.05, 0.1) is 13.5 Å². The zero-order valence-corrected chi connectivity index (χ0v) is 17.2. The number of carboxylic acid groups (broad SMARTS) is 1. The molecular weight excluding hydrogens is 382 g/mol. The number of carboxylic acids is 1. The summed E-state index contributed by atoms with van der Waals surface area (Å²) in [4.78, 5) is 28.9. The van der Waals surface area contributed by atoms with Crippen molar-refractivity contribution >= 4 is 28.5 Å². The summed E-state index contributed by atoms with van der Waals surface area (Å²) in [5.74, 6) is -0.235. The van der Waals surface area contributed by atoms with Gasteiger partial charge in [0.25, 0.3) is 0 Å². The van der Waals surface area contributed by atoms with Gasteiger partial charge in [0, 0.05) is 55.4 Å². The molecule has 1 saturated heterocycles. The predicted molar refractivity (Wildman–Crippen MR) is 115 cm³/mol. The fourth-order valence-electron chi connectivity index (χ4n) is 4.19. The van der Waals surface area contributed by atoms with Crippen LogP contribution in [0.15, 0.2) is 48.5 Å². The van der Waals surface area contributed by atoms with Gasteiger partial charge in [0.2, 0.25) is 5.91 Å². The molecule has 156 valence electrons. The monoisotopic (exact) mass is 407 g/mol. The average molecular weight is 407 g/mol. The first kappa shape index (κ1) is 19.8. The van der Waals surface area contributed by atoms with Gasteiger partial charge in [-0.2, -0.15) is 0 Å². The molecule has 4 rings (SSSR count). The molecule has 1 amide bonds. The van der Waals surface area contributed by atoms with E-state index in [9.17, 15) is 14.7 Å². The number of rotatable bonds is 5. The third-order valence-corrected chi connectivity index (χ3v) is 5.81.